The molecule has 2 aromatic heterocycles. The second-order valence-corrected chi connectivity index (χ2v) is 8.16. The Morgan fingerprint density at radius 2 is 1.21 bits per heavy atom. The number of hydrazine groups is 1. The van der Waals surface area contributed by atoms with E-state index in [9.17, 15) is 0 Å². The van der Waals surface area contributed by atoms with Crippen LogP contribution in [0.2, 0.25) is 0 Å². The van der Waals surface area contributed by atoms with Crippen LogP contribution in [0.15, 0.2) is 0 Å². The summed E-state index contributed by atoms with van der Waals surface area (Å²) in [6.07, 6.45) is 0. The van der Waals surface area contributed by atoms with E-state index in [1.54, 1.807) is 0 Å². The zero-order valence-electron chi connectivity index (χ0n) is 19.0. The maximum absolute atomic E-state index is 4.73. The molecule has 0 atom stereocenters. The molecule has 7 heteroatoms. The number of nitrogens with zero attached hydrogens (tertiary/aromatic N) is 5. The summed E-state index contributed by atoms with van der Waals surface area (Å²) in [6, 6.07) is 0. The van der Waals surface area contributed by atoms with Crippen molar-refractivity contribution in [1.29, 1.82) is 0 Å². The van der Waals surface area contributed by atoms with E-state index >= 15 is 0 Å². The molecule has 0 saturated heterocycles. The lowest BCUT2D eigenvalue weighted by Gasteiger charge is -2.29. The highest BCUT2D eigenvalue weighted by Crippen LogP contribution is 2.34. The first-order valence-electron chi connectivity index (χ1n) is 10.0. The van der Waals surface area contributed by atoms with Crippen molar-refractivity contribution in [3.63, 3.8) is 0 Å². The van der Waals surface area contributed by atoms with Gasteiger partial charge in [0.1, 0.15) is 17.3 Å². The molecule has 7 nitrogen and oxygen atoms in total. The first-order valence-corrected chi connectivity index (χ1v) is 10.0. The zero-order valence-corrected chi connectivity index (χ0v) is 19.0. The fourth-order valence-corrected chi connectivity index (χ4v) is 3.41. The summed E-state index contributed by atoms with van der Waals surface area (Å²) in [5.41, 5.74) is 7.66. The number of hydrogen-bond acceptors (Lipinski definition) is 7. The van der Waals surface area contributed by atoms with Crippen LogP contribution in [0.4, 0.5) is 17.3 Å². The summed E-state index contributed by atoms with van der Waals surface area (Å²) in [6.45, 7) is 16.8. The minimum Gasteiger partial charge on any atom is -0.371 e. The van der Waals surface area contributed by atoms with E-state index in [1.165, 1.54) is 0 Å². The third kappa shape index (κ3) is 4.51. The number of nitrogens with one attached hydrogen (secondary N) is 2. The van der Waals surface area contributed by atoms with Gasteiger partial charge < -0.3 is 5.32 Å². The van der Waals surface area contributed by atoms with Crippen molar-refractivity contribution in [3.8, 4) is 0 Å². The highest BCUT2D eigenvalue weighted by atomic mass is 15.5. The van der Waals surface area contributed by atoms with Gasteiger partial charge in [-0.15, -0.1) is 0 Å². The molecule has 0 unspecified atom stereocenters. The van der Waals surface area contributed by atoms with Crippen molar-refractivity contribution in [3.05, 3.63) is 28.6 Å². The van der Waals surface area contributed by atoms with E-state index in [1.807, 2.05) is 33.0 Å². The Morgan fingerprint density at radius 1 is 0.714 bits per heavy atom. The van der Waals surface area contributed by atoms with Crippen LogP contribution >= 0.6 is 0 Å². The van der Waals surface area contributed by atoms with E-state index in [2.05, 4.69) is 57.3 Å². The van der Waals surface area contributed by atoms with Gasteiger partial charge in [-0.05, 0) is 31.6 Å². The van der Waals surface area contributed by atoms with Gasteiger partial charge in [-0.25, -0.2) is 19.9 Å². The normalized spacial score (nSPS) is 11.5. The number of hydrogen-bond donors (Lipinski definition) is 2. The molecule has 0 radical (unpaired) electrons. The van der Waals surface area contributed by atoms with E-state index in [0.29, 0.717) is 11.8 Å². The van der Waals surface area contributed by atoms with Crippen molar-refractivity contribution in [2.45, 2.75) is 73.1 Å². The first kappa shape index (κ1) is 21.9. The zero-order chi connectivity index (χ0) is 21.2. The Balaban J connectivity index is 2.59. The van der Waals surface area contributed by atoms with Crippen LogP contribution in [-0.2, 0) is 0 Å². The Bertz CT molecular complexity index is 828. The van der Waals surface area contributed by atoms with Crippen LogP contribution in [0.1, 0.15) is 87.9 Å². The maximum Gasteiger partial charge on any atom is 0.155 e. The van der Waals surface area contributed by atoms with Crippen LogP contribution < -0.4 is 15.8 Å². The number of aryl methyl sites for hydroxylation is 2. The molecule has 0 aliphatic rings. The smallest absolute Gasteiger partial charge is 0.155 e. The number of rotatable bonds is 7. The molecule has 0 fully saturated rings. The molecule has 0 aromatic carbocycles. The third-order valence-corrected chi connectivity index (χ3v) is 4.63. The van der Waals surface area contributed by atoms with E-state index in [4.69, 9.17) is 15.0 Å². The van der Waals surface area contributed by atoms with Gasteiger partial charge in [-0.2, -0.15) is 0 Å². The van der Waals surface area contributed by atoms with Gasteiger partial charge in [0.05, 0.1) is 11.4 Å². The summed E-state index contributed by atoms with van der Waals surface area (Å²) in [5.74, 6) is 4.05. The predicted molar refractivity (Wildman–Crippen MR) is 117 cm³/mol. The van der Waals surface area contributed by atoms with Gasteiger partial charge >= 0.3 is 0 Å². The van der Waals surface area contributed by atoms with Crippen molar-refractivity contribution in [2.75, 3.05) is 29.8 Å². The van der Waals surface area contributed by atoms with E-state index in [0.717, 1.165) is 45.9 Å². The lowest BCUT2D eigenvalue weighted by Crippen LogP contribution is -2.30. The summed E-state index contributed by atoms with van der Waals surface area (Å²) in [4.78, 5) is 18.7. The summed E-state index contributed by atoms with van der Waals surface area (Å²) in [7, 11) is 3.87. The molecule has 2 aromatic rings. The van der Waals surface area contributed by atoms with Crippen LogP contribution in [-0.4, -0.2) is 34.0 Å². The van der Waals surface area contributed by atoms with Gasteiger partial charge in [-0.1, -0.05) is 41.5 Å². The molecular formula is C21H35N7. The van der Waals surface area contributed by atoms with Crippen LogP contribution in [0.3, 0.4) is 0 Å². The second kappa shape index (κ2) is 8.71. The first-order chi connectivity index (χ1) is 13.1. The molecule has 0 saturated carbocycles. The largest absolute Gasteiger partial charge is 0.371 e. The standard InChI is InChI=1S/C21H35N7/c1-11(2)16-17(12(3)4)23-14(7)25-20(16)27-28(10)19-18(13(5)6)24-15(8)26-21(19)22-9/h11-13H,1-10H3,(H,22,24,26)(H,23,25,27). The molecule has 0 amide bonds. The van der Waals surface area contributed by atoms with Crippen molar-refractivity contribution >= 4 is 17.3 Å². The van der Waals surface area contributed by atoms with Crippen molar-refractivity contribution in [2.24, 2.45) is 0 Å². The van der Waals surface area contributed by atoms with Gasteiger partial charge in [0.2, 0.25) is 0 Å². The molecule has 0 bridgehead atoms. The fraction of sp³-hybridized carbons (Fsp3) is 0.619. The van der Waals surface area contributed by atoms with Crippen LogP contribution in [0, 0.1) is 13.8 Å². The number of anilines is 3. The fourth-order valence-electron chi connectivity index (χ4n) is 3.41. The molecule has 2 heterocycles. The minimum absolute atomic E-state index is 0.260. The van der Waals surface area contributed by atoms with E-state index < -0.39 is 0 Å². The van der Waals surface area contributed by atoms with Gasteiger partial charge in [0.25, 0.3) is 0 Å². The van der Waals surface area contributed by atoms with Gasteiger partial charge in [-0.3, -0.25) is 10.4 Å². The summed E-state index contributed by atoms with van der Waals surface area (Å²) in [5, 5.41) is 5.18. The van der Waals surface area contributed by atoms with Crippen molar-refractivity contribution in [1.82, 2.24) is 19.9 Å². The highest BCUT2D eigenvalue weighted by molar-refractivity contribution is 5.71. The third-order valence-electron chi connectivity index (χ3n) is 4.63. The maximum atomic E-state index is 4.73. The Labute approximate surface area is 169 Å². The van der Waals surface area contributed by atoms with Crippen LogP contribution in [0.25, 0.3) is 0 Å². The predicted octanol–water partition coefficient (Wildman–Crippen LogP) is 4.76. The van der Waals surface area contributed by atoms with Gasteiger partial charge in [0.15, 0.2) is 11.6 Å². The summed E-state index contributed by atoms with van der Waals surface area (Å²) < 4.78 is 0. The molecule has 28 heavy (non-hydrogen) atoms. The molecule has 2 rings (SSSR count). The Hall–Kier alpha value is -2.44. The topological polar surface area (TPSA) is 78.9 Å². The average Bonchev–Trinajstić information content (AvgIpc) is 2.59. The minimum atomic E-state index is 0.260. The molecule has 154 valence electrons. The Morgan fingerprint density at radius 3 is 1.68 bits per heavy atom. The summed E-state index contributed by atoms with van der Waals surface area (Å²) >= 11 is 0. The molecule has 0 aliphatic carbocycles. The number of aromatic nitrogens is 4. The quantitative estimate of drug-likeness (QED) is 0.665. The lowest BCUT2D eigenvalue weighted by atomic mass is 9.95. The SMILES string of the molecule is CNc1nc(C)nc(C(C)C)c1N(C)Nc1nc(C)nc(C(C)C)c1C(C)C. The highest BCUT2D eigenvalue weighted by Gasteiger charge is 2.23. The Kier molecular flexibility index (Phi) is 6.80. The van der Waals surface area contributed by atoms with Crippen molar-refractivity contribution < 1.29 is 0 Å². The molecule has 0 spiro atoms. The molecular weight excluding hydrogens is 350 g/mol. The van der Waals surface area contributed by atoms with Crippen LogP contribution in [0.5, 0.6) is 0 Å². The van der Waals surface area contributed by atoms with Gasteiger partial charge in [0, 0.05) is 19.7 Å². The monoisotopic (exact) mass is 385 g/mol. The molecule has 2 N–H and O–H groups in total. The van der Waals surface area contributed by atoms with E-state index in [-0.39, 0.29) is 5.92 Å². The second-order valence-electron chi connectivity index (χ2n) is 8.16. The average molecular weight is 386 g/mol. The lowest BCUT2D eigenvalue weighted by molar-refractivity contribution is 0.736. The molecule has 0 aliphatic heterocycles.